The van der Waals surface area contributed by atoms with Gasteiger partial charge >= 0.3 is 0 Å². The normalized spacial score (nSPS) is 12.8. The Bertz CT molecular complexity index is 466. The third-order valence-corrected chi connectivity index (χ3v) is 3.17. The Morgan fingerprint density at radius 2 is 1.96 bits per heavy atom. The lowest BCUT2D eigenvalue weighted by molar-refractivity contribution is 0.0733. The van der Waals surface area contributed by atoms with Gasteiger partial charge in [-0.25, -0.2) is 0 Å². The van der Waals surface area contributed by atoms with E-state index in [1.54, 1.807) is 14.2 Å². The molecule has 0 bridgehead atoms. The minimum Gasteiger partial charge on any atom is -0.489 e. The van der Waals surface area contributed by atoms with Crippen molar-refractivity contribution in [3.63, 3.8) is 0 Å². The van der Waals surface area contributed by atoms with Crippen LogP contribution < -0.4 is 15.4 Å². The van der Waals surface area contributed by atoms with Crippen LogP contribution in [0.4, 0.5) is 0 Å². The molecule has 0 spiro atoms. The smallest absolute Gasteiger partial charge is 0.191 e. The highest BCUT2D eigenvalue weighted by Gasteiger charge is 2.07. The van der Waals surface area contributed by atoms with Crippen molar-refractivity contribution in [2.45, 2.75) is 20.0 Å². The lowest BCUT2D eigenvalue weighted by atomic mass is 10.2. The van der Waals surface area contributed by atoms with Crippen molar-refractivity contribution in [1.82, 2.24) is 10.6 Å². The van der Waals surface area contributed by atoms with Crippen LogP contribution in [0, 0.1) is 6.92 Å². The Kier molecular flexibility index (Phi) is 9.83. The summed E-state index contributed by atoms with van der Waals surface area (Å²) < 4.78 is 16.2. The van der Waals surface area contributed by atoms with Crippen LogP contribution in [0.5, 0.6) is 5.75 Å². The van der Waals surface area contributed by atoms with Crippen molar-refractivity contribution >= 4 is 5.96 Å². The van der Waals surface area contributed by atoms with Gasteiger partial charge in [-0.1, -0.05) is 18.2 Å². The zero-order valence-corrected chi connectivity index (χ0v) is 14.6. The molecule has 0 heterocycles. The van der Waals surface area contributed by atoms with Gasteiger partial charge in [-0.2, -0.15) is 0 Å². The average Bonchev–Trinajstić information content (AvgIpc) is 2.55. The Morgan fingerprint density at radius 1 is 1.17 bits per heavy atom. The molecule has 2 N–H and O–H groups in total. The molecule has 23 heavy (non-hydrogen) atoms. The molecule has 0 aromatic heterocycles. The number of hydrogen-bond donors (Lipinski definition) is 2. The number of methoxy groups -OCH3 is 1. The first-order valence-electron chi connectivity index (χ1n) is 7.90. The fourth-order valence-corrected chi connectivity index (χ4v) is 1.89. The monoisotopic (exact) mass is 323 g/mol. The molecule has 0 aliphatic carbocycles. The maximum atomic E-state index is 5.93. The molecule has 1 aromatic rings. The Labute approximate surface area is 139 Å². The van der Waals surface area contributed by atoms with E-state index in [-0.39, 0.29) is 6.10 Å². The summed E-state index contributed by atoms with van der Waals surface area (Å²) in [5.74, 6) is 1.65. The molecule has 0 aliphatic rings. The van der Waals surface area contributed by atoms with Crippen LogP contribution in [0.15, 0.2) is 29.3 Å². The molecule has 130 valence electrons. The van der Waals surface area contributed by atoms with E-state index in [0.29, 0.717) is 32.9 Å². The average molecular weight is 323 g/mol. The number of guanidine groups is 1. The molecule has 1 aromatic carbocycles. The second-order valence-corrected chi connectivity index (χ2v) is 5.18. The molecule has 1 rings (SSSR count). The maximum absolute atomic E-state index is 5.93. The van der Waals surface area contributed by atoms with E-state index >= 15 is 0 Å². The van der Waals surface area contributed by atoms with Gasteiger partial charge in [0.15, 0.2) is 5.96 Å². The number of aryl methyl sites for hydroxylation is 1. The van der Waals surface area contributed by atoms with Gasteiger partial charge in [0, 0.05) is 20.7 Å². The van der Waals surface area contributed by atoms with Crippen molar-refractivity contribution < 1.29 is 14.2 Å². The third kappa shape index (κ3) is 8.42. The van der Waals surface area contributed by atoms with Crippen LogP contribution in [0.2, 0.25) is 0 Å². The minimum absolute atomic E-state index is 0.0348. The third-order valence-electron chi connectivity index (χ3n) is 3.17. The van der Waals surface area contributed by atoms with Crippen molar-refractivity contribution in [1.29, 1.82) is 0 Å². The minimum atomic E-state index is 0.0348. The van der Waals surface area contributed by atoms with Gasteiger partial charge in [-0.3, -0.25) is 4.99 Å². The maximum Gasteiger partial charge on any atom is 0.191 e. The van der Waals surface area contributed by atoms with Gasteiger partial charge in [-0.05, 0) is 25.5 Å². The zero-order chi connectivity index (χ0) is 16.9. The molecule has 0 radical (unpaired) electrons. The van der Waals surface area contributed by atoms with E-state index in [4.69, 9.17) is 14.2 Å². The SMILES string of the molecule is CN=C(NCCOCCOC)NCC(C)Oc1ccccc1C. The van der Waals surface area contributed by atoms with Crippen LogP contribution in [-0.2, 0) is 9.47 Å². The van der Waals surface area contributed by atoms with Gasteiger partial charge in [0.2, 0.25) is 0 Å². The number of aliphatic imine (C=N–C) groups is 1. The molecule has 0 aliphatic heterocycles. The predicted octanol–water partition coefficient (Wildman–Crippen LogP) is 1.59. The van der Waals surface area contributed by atoms with Crippen LogP contribution in [0.1, 0.15) is 12.5 Å². The predicted molar refractivity (Wildman–Crippen MR) is 93.3 cm³/mol. The van der Waals surface area contributed by atoms with Crippen LogP contribution in [0.25, 0.3) is 0 Å². The fourth-order valence-electron chi connectivity index (χ4n) is 1.89. The Morgan fingerprint density at radius 3 is 2.65 bits per heavy atom. The molecular weight excluding hydrogens is 294 g/mol. The quantitative estimate of drug-likeness (QED) is 0.389. The van der Waals surface area contributed by atoms with Crippen molar-refractivity contribution in [3.8, 4) is 5.75 Å². The molecule has 1 atom stereocenters. The van der Waals surface area contributed by atoms with Crippen molar-refractivity contribution in [2.75, 3.05) is 47.1 Å². The molecule has 0 amide bonds. The van der Waals surface area contributed by atoms with Gasteiger partial charge < -0.3 is 24.8 Å². The number of benzene rings is 1. The van der Waals surface area contributed by atoms with Crippen LogP contribution >= 0.6 is 0 Å². The molecule has 0 fully saturated rings. The highest BCUT2D eigenvalue weighted by molar-refractivity contribution is 5.79. The summed E-state index contributed by atoms with van der Waals surface area (Å²) in [5, 5.41) is 6.44. The first-order chi connectivity index (χ1) is 11.2. The Hall–Kier alpha value is -1.79. The second kappa shape index (κ2) is 11.7. The number of nitrogens with zero attached hydrogens (tertiary/aromatic N) is 1. The lowest BCUT2D eigenvalue weighted by Gasteiger charge is -2.18. The van der Waals surface area contributed by atoms with Crippen molar-refractivity contribution in [2.24, 2.45) is 4.99 Å². The van der Waals surface area contributed by atoms with Gasteiger partial charge in [0.25, 0.3) is 0 Å². The van der Waals surface area contributed by atoms with E-state index in [2.05, 4.69) is 15.6 Å². The molecule has 6 nitrogen and oxygen atoms in total. The van der Waals surface area contributed by atoms with Gasteiger partial charge in [0.1, 0.15) is 11.9 Å². The first kappa shape index (κ1) is 19.3. The first-order valence-corrected chi connectivity index (χ1v) is 7.90. The number of hydrogen-bond acceptors (Lipinski definition) is 4. The zero-order valence-electron chi connectivity index (χ0n) is 14.6. The van der Waals surface area contributed by atoms with E-state index in [1.165, 1.54) is 0 Å². The topological polar surface area (TPSA) is 64.1 Å². The molecule has 6 heteroatoms. The van der Waals surface area contributed by atoms with Gasteiger partial charge in [-0.15, -0.1) is 0 Å². The van der Waals surface area contributed by atoms with Crippen LogP contribution in [0.3, 0.4) is 0 Å². The molecule has 1 unspecified atom stereocenters. The summed E-state index contributed by atoms with van der Waals surface area (Å²) in [4.78, 5) is 4.18. The summed E-state index contributed by atoms with van der Waals surface area (Å²) in [7, 11) is 3.40. The number of ether oxygens (including phenoxy) is 3. The van der Waals surface area contributed by atoms with Crippen LogP contribution in [-0.4, -0.2) is 59.1 Å². The van der Waals surface area contributed by atoms with E-state index in [0.717, 1.165) is 17.3 Å². The van der Waals surface area contributed by atoms with E-state index in [1.807, 2.05) is 38.1 Å². The summed E-state index contributed by atoms with van der Waals surface area (Å²) in [5.41, 5.74) is 1.13. The van der Waals surface area contributed by atoms with Crippen molar-refractivity contribution in [3.05, 3.63) is 29.8 Å². The summed E-state index contributed by atoms with van der Waals surface area (Å²) >= 11 is 0. The molecular formula is C17H29N3O3. The number of para-hydroxylation sites is 1. The second-order valence-electron chi connectivity index (χ2n) is 5.18. The lowest BCUT2D eigenvalue weighted by Crippen LogP contribution is -2.42. The highest BCUT2D eigenvalue weighted by atomic mass is 16.5. The molecule has 0 saturated carbocycles. The van der Waals surface area contributed by atoms with E-state index < -0.39 is 0 Å². The standard InChI is InChI=1S/C17H29N3O3/c1-14-7-5-6-8-16(14)23-15(2)13-20-17(18-3)19-9-10-22-12-11-21-4/h5-8,15H,9-13H2,1-4H3,(H2,18,19,20). The number of nitrogens with one attached hydrogen (secondary N) is 2. The fraction of sp³-hybridized carbons (Fsp3) is 0.588. The van der Waals surface area contributed by atoms with Gasteiger partial charge in [0.05, 0.1) is 26.4 Å². The van der Waals surface area contributed by atoms with E-state index in [9.17, 15) is 0 Å². The summed E-state index contributed by atoms with van der Waals surface area (Å²) in [6, 6.07) is 8.01. The Balaban J connectivity index is 2.22. The number of rotatable bonds is 10. The highest BCUT2D eigenvalue weighted by Crippen LogP contribution is 2.17. The molecule has 0 saturated heterocycles. The largest absolute Gasteiger partial charge is 0.489 e. The summed E-state index contributed by atoms with van der Waals surface area (Å²) in [6.45, 7) is 7.25. The summed E-state index contributed by atoms with van der Waals surface area (Å²) in [6.07, 6.45) is 0.0348.